The third kappa shape index (κ3) is 4.03. The minimum atomic E-state index is -1.34. The third-order valence-corrected chi connectivity index (χ3v) is 3.44. The van der Waals surface area contributed by atoms with Crippen LogP contribution in [-0.4, -0.2) is 31.5 Å². The molecule has 1 aliphatic heterocycles. The van der Waals surface area contributed by atoms with E-state index in [4.69, 9.17) is 27.8 Å². The van der Waals surface area contributed by atoms with Crippen molar-refractivity contribution in [3.05, 3.63) is 47.2 Å². The van der Waals surface area contributed by atoms with Crippen LogP contribution in [0.1, 0.15) is 0 Å². The zero-order chi connectivity index (χ0) is 16.0. The van der Waals surface area contributed by atoms with Crippen molar-refractivity contribution in [3.63, 3.8) is 0 Å². The number of nitrogens with zero attached hydrogens (tertiary/aromatic N) is 2. The Morgan fingerprint density at radius 2 is 2.19 bits per heavy atom. The quantitative estimate of drug-likeness (QED) is 0.150. The van der Waals surface area contributed by atoms with Crippen LogP contribution in [-0.2, 0) is 14.5 Å². The Bertz CT molecular complexity index is 643. The maximum atomic E-state index is 11.9. The largest absolute Gasteiger partial charge is 0.477 e. The Morgan fingerprint density at radius 1 is 1.52 bits per heavy atom. The van der Waals surface area contributed by atoms with Gasteiger partial charge >= 0.3 is 5.97 Å². The third-order valence-electron chi connectivity index (χ3n) is 2.12. The van der Waals surface area contributed by atoms with Gasteiger partial charge in [-0.3, -0.25) is 4.79 Å². The van der Waals surface area contributed by atoms with Gasteiger partial charge < -0.3 is 9.99 Å². The lowest BCUT2D eigenvalue weighted by Crippen LogP contribution is -2.27. The summed E-state index contributed by atoms with van der Waals surface area (Å²) in [4.78, 5) is 27.5. The predicted molar refractivity (Wildman–Crippen MR) is 78.4 cm³/mol. The monoisotopic (exact) mass is 324 g/mol. The summed E-state index contributed by atoms with van der Waals surface area (Å²) in [6.07, 6.45) is 5.17. The van der Waals surface area contributed by atoms with Gasteiger partial charge in [0.2, 0.25) is 5.88 Å². The molecule has 0 atom stereocenters. The van der Waals surface area contributed by atoms with Crippen LogP contribution in [0.25, 0.3) is 0 Å². The molecule has 9 heteroatoms. The van der Waals surface area contributed by atoms with Crippen molar-refractivity contribution in [1.29, 1.82) is 5.26 Å². The fourth-order valence-electron chi connectivity index (χ4n) is 1.19. The zero-order valence-corrected chi connectivity index (χ0v) is 12.0. The second-order valence-electron chi connectivity index (χ2n) is 3.41. The second-order valence-corrected chi connectivity index (χ2v) is 5.08. The number of carbonyl (C=O) groups excluding carboxylic acids is 1. The molecular weight excluding hydrogens is 316 g/mol. The lowest BCUT2D eigenvalue weighted by Gasteiger charge is -2.12. The topological polar surface area (TPSA) is 111 Å². The smallest absolute Gasteiger partial charge is 0.346 e. The molecule has 1 rings (SSSR count). The Labute approximate surface area is 129 Å². The van der Waals surface area contributed by atoms with Crippen LogP contribution < -0.4 is 0 Å². The van der Waals surface area contributed by atoms with E-state index in [0.717, 1.165) is 22.7 Å². The Kier molecular flexibility index (Phi) is 5.86. The van der Waals surface area contributed by atoms with Gasteiger partial charge in [0.1, 0.15) is 11.6 Å². The highest BCUT2D eigenvalue weighted by Crippen LogP contribution is 2.33. The molecule has 1 heterocycles. The molecule has 0 aliphatic carbocycles. The number of hydrogen-bond donors (Lipinski definition) is 2. The highest BCUT2D eigenvalue weighted by molar-refractivity contribution is 8.26. The summed E-state index contributed by atoms with van der Waals surface area (Å²) in [7, 11) is 0. The van der Waals surface area contributed by atoms with Gasteiger partial charge in [0.05, 0.1) is 4.91 Å². The first kappa shape index (κ1) is 16.6. The van der Waals surface area contributed by atoms with Crippen molar-refractivity contribution in [3.8, 4) is 6.07 Å². The lowest BCUT2D eigenvalue weighted by molar-refractivity contribution is -0.217. The normalized spacial score (nSPS) is 17.4. The molecule has 0 radical (unpaired) electrons. The summed E-state index contributed by atoms with van der Waals surface area (Å²) < 4.78 is 0.137. The molecule has 0 spiro atoms. The second kappa shape index (κ2) is 7.39. The molecule has 0 bridgehead atoms. The maximum absolute atomic E-state index is 11.9. The summed E-state index contributed by atoms with van der Waals surface area (Å²) in [5.74, 6) is -2.19. The van der Waals surface area contributed by atoms with Crippen LogP contribution in [0.15, 0.2) is 47.2 Å². The van der Waals surface area contributed by atoms with Crippen molar-refractivity contribution in [2.45, 2.75) is 0 Å². The van der Waals surface area contributed by atoms with Crippen LogP contribution in [0.5, 0.6) is 0 Å². The summed E-state index contributed by atoms with van der Waals surface area (Å²) in [6.45, 7) is 3.32. The van der Waals surface area contributed by atoms with Crippen molar-refractivity contribution in [2.75, 3.05) is 0 Å². The molecule has 7 nitrogen and oxygen atoms in total. The van der Waals surface area contributed by atoms with Gasteiger partial charge in [0.15, 0.2) is 4.32 Å². The molecule has 0 unspecified atom stereocenters. The Morgan fingerprint density at radius 3 is 2.71 bits per heavy atom. The fourth-order valence-corrected chi connectivity index (χ4v) is 2.43. The van der Waals surface area contributed by atoms with Crippen LogP contribution in [0.4, 0.5) is 0 Å². The molecule has 1 amide bonds. The summed E-state index contributed by atoms with van der Waals surface area (Å²) in [6, 6.07) is 1.51. The van der Waals surface area contributed by atoms with Gasteiger partial charge in [-0.1, -0.05) is 36.1 Å². The predicted octanol–water partition coefficient (Wildman–Crippen LogP) is 1.78. The van der Waals surface area contributed by atoms with E-state index in [2.05, 4.69) is 11.5 Å². The van der Waals surface area contributed by atoms with Gasteiger partial charge in [-0.25, -0.2) is 15.0 Å². The molecule has 1 aliphatic rings. The zero-order valence-electron chi connectivity index (χ0n) is 10.3. The molecule has 108 valence electrons. The van der Waals surface area contributed by atoms with E-state index in [1.165, 1.54) is 24.3 Å². The van der Waals surface area contributed by atoms with Gasteiger partial charge in [0, 0.05) is 0 Å². The molecule has 21 heavy (non-hydrogen) atoms. The van der Waals surface area contributed by atoms with E-state index in [1.54, 1.807) is 0 Å². The molecule has 1 saturated heterocycles. The van der Waals surface area contributed by atoms with E-state index >= 15 is 0 Å². The fraction of sp³-hybridized carbons (Fsp3) is 0. The van der Waals surface area contributed by atoms with E-state index in [9.17, 15) is 9.59 Å². The summed E-state index contributed by atoms with van der Waals surface area (Å²) in [5.41, 5.74) is -0.436. The van der Waals surface area contributed by atoms with Gasteiger partial charge in [-0.05, 0) is 18.7 Å². The number of rotatable bonds is 5. The minimum absolute atomic E-state index is 0.137. The number of hydrogen-bond acceptors (Lipinski definition) is 7. The molecule has 0 aromatic carbocycles. The summed E-state index contributed by atoms with van der Waals surface area (Å²) >= 11 is 5.89. The van der Waals surface area contributed by atoms with E-state index in [-0.39, 0.29) is 15.1 Å². The maximum Gasteiger partial charge on any atom is 0.346 e. The van der Waals surface area contributed by atoms with Crippen molar-refractivity contribution in [1.82, 2.24) is 4.90 Å². The van der Waals surface area contributed by atoms with E-state index < -0.39 is 17.4 Å². The van der Waals surface area contributed by atoms with Crippen LogP contribution in [0, 0.1) is 11.3 Å². The molecular formula is C12H8N2O5S2. The number of thiocarbonyl (C=S) groups is 1. The number of carboxylic acid groups (broad SMARTS) is 1. The molecule has 2 N–H and O–H groups in total. The summed E-state index contributed by atoms with van der Waals surface area (Å²) in [5, 5.41) is 25.6. The number of allylic oxidation sites excluding steroid dienone is 4. The number of nitriles is 1. The number of thioether (sulfide) groups is 1. The van der Waals surface area contributed by atoms with Crippen molar-refractivity contribution < 1.29 is 24.8 Å². The number of carboxylic acids is 1. The van der Waals surface area contributed by atoms with Crippen molar-refractivity contribution in [2.24, 2.45) is 0 Å². The van der Waals surface area contributed by atoms with Crippen LogP contribution in [0.3, 0.4) is 0 Å². The van der Waals surface area contributed by atoms with Crippen LogP contribution >= 0.6 is 24.0 Å². The molecule has 1 fully saturated rings. The molecule has 0 saturated carbocycles. The highest BCUT2D eigenvalue weighted by atomic mass is 32.2. The van der Waals surface area contributed by atoms with Gasteiger partial charge in [-0.2, -0.15) is 5.26 Å². The average molecular weight is 324 g/mol. The SMILES string of the molecule is C=C(OO)N1C(=O)C(=CC=CC=C(C#N)C(=O)O)SC1=S. The number of aliphatic carboxylic acids is 1. The van der Waals surface area contributed by atoms with Gasteiger partial charge in [0.25, 0.3) is 5.91 Å². The first-order valence-corrected chi connectivity index (χ1v) is 6.43. The average Bonchev–Trinajstić information content (AvgIpc) is 2.72. The first-order chi connectivity index (χ1) is 9.92. The Balaban J connectivity index is 2.87. The highest BCUT2D eigenvalue weighted by Gasteiger charge is 2.34. The van der Waals surface area contributed by atoms with Crippen molar-refractivity contribution >= 4 is 40.2 Å². The minimum Gasteiger partial charge on any atom is -0.477 e. The first-order valence-electron chi connectivity index (χ1n) is 5.21. The molecule has 0 aromatic heterocycles. The lowest BCUT2D eigenvalue weighted by atomic mass is 10.2. The number of carbonyl (C=O) groups is 2. The Hall–Kier alpha value is -2.41. The standard InChI is InChI=1S/C12H8N2O5S2/c1-7(19-18)14-10(15)9(21-12(14)20)5-3-2-4-8(6-13)11(16)17/h2-5,18H,1H2,(H,16,17). The molecule has 0 aromatic rings. The van der Waals surface area contributed by atoms with Gasteiger partial charge in [-0.15, -0.1) is 0 Å². The van der Waals surface area contributed by atoms with E-state index in [1.807, 2.05) is 0 Å². The van der Waals surface area contributed by atoms with E-state index in [0.29, 0.717) is 0 Å². The van der Waals surface area contributed by atoms with Crippen LogP contribution in [0.2, 0.25) is 0 Å². The number of amides is 1.